The third-order valence-electron chi connectivity index (χ3n) is 6.00. The molecule has 0 atom stereocenters. The Balaban J connectivity index is 1.50. The van der Waals surface area contributed by atoms with Gasteiger partial charge in [0.2, 0.25) is 0 Å². The van der Waals surface area contributed by atoms with Gasteiger partial charge in [-0.25, -0.2) is 9.97 Å². The fraction of sp³-hybridized carbons (Fsp3) is 0.500. The number of carbonyl (C=O) groups excluding carboxylic acids is 1. The van der Waals surface area contributed by atoms with Gasteiger partial charge in [-0.15, -0.1) is 10.2 Å². The van der Waals surface area contributed by atoms with Crippen LogP contribution in [0.15, 0.2) is 18.5 Å². The summed E-state index contributed by atoms with van der Waals surface area (Å²) in [6.07, 6.45) is 8.55. The third-order valence-corrected chi connectivity index (χ3v) is 6.00. The molecular weight excluding hydrogens is 382 g/mol. The predicted molar refractivity (Wildman–Crippen MR) is 111 cm³/mol. The van der Waals surface area contributed by atoms with Gasteiger partial charge in [0, 0.05) is 25.7 Å². The molecule has 0 aromatic carbocycles. The first-order valence-corrected chi connectivity index (χ1v) is 10.2. The number of anilines is 3. The van der Waals surface area contributed by atoms with Crippen molar-refractivity contribution >= 4 is 23.2 Å². The molecule has 0 bridgehead atoms. The van der Waals surface area contributed by atoms with E-state index in [1.165, 1.54) is 31.7 Å². The maximum absolute atomic E-state index is 12.3. The first kappa shape index (κ1) is 20.0. The van der Waals surface area contributed by atoms with E-state index in [0.717, 1.165) is 25.9 Å². The van der Waals surface area contributed by atoms with Crippen LogP contribution < -0.4 is 21.3 Å². The summed E-state index contributed by atoms with van der Waals surface area (Å²) in [5.41, 5.74) is 1.58. The topological polar surface area (TPSA) is 141 Å². The lowest BCUT2D eigenvalue weighted by molar-refractivity contribution is 0.0958. The molecule has 0 radical (unpaired) electrons. The van der Waals surface area contributed by atoms with Crippen molar-refractivity contribution in [2.75, 3.05) is 30.8 Å². The molecule has 1 aliphatic carbocycles. The normalized spacial score (nSPS) is 23.0. The van der Waals surface area contributed by atoms with Crippen molar-refractivity contribution in [1.29, 1.82) is 5.26 Å². The lowest BCUT2D eigenvalue weighted by Crippen LogP contribution is -2.35. The Hall–Kier alpha value is -3.32. The Bertz CT molecular complexity index is 938. The monoisotopic (exact) mass is 407 g/mol. The molecule has 1 saturated carbocycles. The molecule has 0 unspecified atom stereocenters. The van der Waals surface area contributed by atoms with Crippen LogP contribution >= 0.6 is 0 Å². The van der Waals surface area contributed by atoms with Crippen LogP contribution in [0.2, 0.25) is 0 Å². The van der Waals surface area contributed by atoms with Gasteiger partial charge in [-0.3, -0.25) is 4.79 Å². The number of nitriles is 1. The number of nitrogens with zero attached hydrogens (tertiary/aromatic N) is 5. The number of nitrogens with one attached hydrogen (secondary N) is 4. The Morgan fingerprint density at radius 3 is 2.67 bits per heavy atom. The minimum atomic E-state index is -0.290. The highest BCUT2D eigenvalue weighted by Crippen LogP contribution is 2.41. The average Bonchev–Trinajstić information content (AvgIpc) is 3.24. The van der Waals surface area contributed by atoms with Crippen LogP contribution in [0.3, 0.4) is 0 Å². The lowest BCUT2D eigenvalue weighted by Gasteiger charge is -2.37. The number of carbonyl (C=O) groups is 1. The van der Waals surface area contributed by atoms with Crippen LogP contribution in [-0.2, 0) is 0 Å². The van der Waals surface area contributed by atoms with E-state index in [1.54, 1.807) is 13.1 Å². The second-order valence-corrected chi connectivity index (χ2v) is 7.94. The van der Waals surface area contributed by atoms with E-state index in [-0.39, 0.29) is 23.3 Å². The molecule has 1 amide bonds. The van der Waals surface area contributed by atoms with E-state index in [4.69, 9.17) is 5.26 Å². The van der Waals surface area contributed by atoms with Gasteiger partial charge in [-0.1, -0.05) is 0 Å². The van der Waals surface area contributed by atoms with Gasteiger partial charge < -0.3 is 21.3 Å². The molecular formula is C20H25N9O. The Labute approximate surface area is 174 Å². The highest BCUT2D eigenvalue weighted by atomic mass is 16.1. The maximum atomic E-state index is 12.3. The van der Waals surface area contributed by atoms with Crippen molar-refractivity contribution in [3.8, 4) is 6.07 Å². The van der Waals surface area contributed by atoms with Crippen molar-refractivity contribution < 1.29 is 4.79 Å². The smallest absolute Gasteiger partial charge is 0.273 e. The van der Waals surface area contributed by atoms with Crippen molar-refractivity contribution in [2.45, 2.75) is 38.1 Å². The maximum Gasteiger partial charge on any atom is 0.273 e. The number of amides is 1. The van der Waals surface area contributed by atoms with Crippen LogP contribution in [0, 0.1) is 16.7 Å². The van der Waals surface area contributed by atoms with Crippen LogP contribution in [0.5, 0.6) is 0 Å². The average molecular weight is 407 g/mol. The molecule has 1 aliphatic heterocycles. The molecule has 2 aromatic heterocycles. The fourth-order valence-electron chi connectivity index (χ4n) is 4.25. The van der Waals surface area contributed by atoms with Gasteiger partial charge in [-0.05, 0) is 44.1 Å². The lowest BCUT2D eigenvalue weighted by atomic mass is 9.72. The fourth-order valence-corrected chi connectivity index (χ4v) is 4.25. The predicted octanol–water partition coefficient (Wildman–Crippen LogP) is 1.58. The van der Waals surface area contributed by atoms with E-state index in [1.807, 2.05) is 6.07 Å². The molecule has 10 heteroatoms. The Kier molecular flexibility index (Phi) is 5.72. The van der Waals surface area contributed by atoms with Crippen LogP contribution in [0.4, 0.5) is 17.3 Å². The summed E-state index contributed by atoms with van der Waals surface area (Å²) >= 11 is 0. The van der Waals surface area contributed by atoms with Gasteiger partial charge >= 0.3 is 0 Å². The highest BCUT2D eigenvalue weighted by Gasteiger charge is 2.37. The van der Waals surface area contributed by atoms with Crippen molar-refractivity contribution in [3.63, 3.8) is 0 Å². The Morgan fingerprint density at radius 2 is 2.03 bits per heavy atom. The van der Waals surface area contributed by atoms with Gasteiger partial charge in [0.1, 0.15) is 11.9 Å². The second-order valence-electron chi connectivity index (χ2n) is 7.94. The number of hydrogen-bond donors (Lipinski definition) is 4. The number of hydrogen-bond acceptors (Lipinski definition) is 9. The van der Waals surface area contributed by atoms with Crippen LogP contribution in [0.25, 0.3) is 0 Å². The van der Waals surface area contributed by atoms with Gasteiger partial charge in [0.05, 0.1) is 18.1 Å². The van der Waals surface area contributed by atoms with E-state index in [0.29, 0.717) is 22.7 Å². The summed E-state index contributed by atoms with van der Waals surface area (Å²) in [7, 11) is 1.57. The zero-order chi connectivity index (χ0) is 21.0. The van der Waals surface area contributed by atoms with Gasteiger partial charge in [0.25, 0.3) is 5.91 Å². The quantitative estimate of drug-likeness (QED) is 0.581. The molecule has 4 rings (SSSR count). The summed E-state index contributed by atoms with van der Waals surface area (Å²) < 4.78 is 0. The summed E-state index contributed by atoms with van der Waals surface area (Å²) in [5.74, 6) is 0.591. The molecule has 2 aromatic rings. The summed E-state index contributed by atoms with van der Waals surface area (Å²) in [4.78, 5) is 20.4. The summed E-state index contributed by atoms with van der Waals surface area (Å²) in [6.45, 7) is 2.22. The largest absolute Gasteiger partial charge is 0.380 e. The molecule has 2 fully saturated rings. The zero-order valence-electron chi connectivity index (χ0n) is 16.9. The molecule has 156 valence electrons. The molecule has 10 nitrogen and oxygen atoms in total. The van der Waals surface area contributed by atoms with Crippen molar-refractivity contribution in [2.24, 2.45) is 5.41 Å². The molecule has 4 N–H and O–H groups in total. The minimum Gasteiger partial charge on any atom is -0.380 e. The second kappa shape index (κ2) is 8.59. The van der Waals surface area contributed by atoms with Gasteiger partial charge in [0.15, 0.2) is 17.2 Å². The van der Waals surface area contributed by atoms with Gasteiger partial charge in [-0.2, -0.15) is 5.26 Å². The van der Waals surface area contributed by atoms with Crippen LogP contribution in [0.1, 0.15) is 48.3 Å². The first-order chi connectivity index (χ1) is 14.6. The molecule has 30 heavy (non-hydrogen) atoms. The number of aromatic nitrogens is 4. The molecule has 2 aliphatic rings. The van der Waals surface area contributed by atoms with E-state index in [9.17, 15) is 4.79 Å². The minimum absolute atomic E-state index is 0.233. The highest BCUT2D eigenvalue weighted by molar-refractivity contribution is 5.97. The first-order valence-electron chi connectivity index (χ1n) is 10.2. The van der Waals surface area contributed by atoms with E-state index < -0.39 is 0 Å². The number of rotatable bonds is 5. The van der Waals surface area contributed by atoms with E-state index >= 15 is 0 Å². The molecule has 3 heterocycles. The SMILES string of the molecule is CNC(=O)c1nnc(Nc2cnc(C#N)cn2)cc1NC1CCC2(CCNC2)CC1. The zero-order valence-corrected chi connectivity index (χ0v) is 16.9. The third kappa shape index (κ3) is 4.31. The standard InChI is InChI=1S/C20H25N9O/c1-22-19(30)18-15(26-13-2-4-20(5-3-13)6-7-23-12-20)8-16(28-29-18)27-17-11-24-14(9-21)10-25-17/h8,10-11,13,23H,2-7,12H2,1H3,(H,22,30)(H2,25,26,27,28). The van der Waals surface area contributed by atoms with E-state index in [2.05, 4.69) is 41.4 Å². The van der Waals surface area contributed by atoms with Crippen LogP contribution in [-0.4, -0.2) is 52.3 Å². The van der Waals surface area contributed by atoms with Crippen molar-refractivity contribution in [1.82, 2.24) is 30.8 Å². The molecule has 1 saturated heterocycles. The summed E-state index contributed by atoms with van der Waals surface area (Å²) in [5, 5.41) is 29.7. The summed E-state index contributed by atoms with van der Waals surface area (Å²) in [6, 6.07) is 3.98. The molecule has 1 spiro atoms. The Morgan fingerprint density at radius 1 is 1.20 bits per heavy atom. The van der Waals surface area contributed by atoms with Crippen molar-refractivity contribution in [3.05, 3.63) is 29.8 Å².